The first kappa shape index (κ1) is 20.0. The molecule has 0 aliphatic rings. The fraction of sp³-hybridized carbons (Fsp3) is 0.471. The van der Waals surface area contributed by atoms with Gasteiger partial charge in [0, 0.05) is 13.6 Å². The molecule has 1 N–H and O–H groups in total. The highest BCUT2D eigenvalue weighted by molar-refractivity contribution is 6.33. The lowest BCUT2D eigenvalue weighted by Gasteiger charge is -2.27. The Kier molecular flexibility index (Phi) is 7.71. The topological polar surface area (TPSA) is 75.7 Å². The number of rotatable bonds is 7. The van der Waals surface area contributed by atoms with Crippen LogP contribution >= 0.6 is 11.6 Å². The largest absolute Gasteiger partial charge is 0.469 e. The van der Waals surface area contributed by atoms with Crippen LogP contribution in [0.2, 0.25) is 5.02 Å². The van der Waals surface area contributed by atoms with Gasteiger partial charge in [-0.3, -0.25) is 14.4 Å². The second-order valence-corrected chi connectivity index (χ2v) is 6.17. The first-order chi connectivity index (χ1) is 11.3. The van der Waals surface area contributed by atoms with Gasteiger partial charge in [-0.25, -0.2) is 0 Å². The molecule has 2 amide bonds. The molecule has 1 aromatic carbocycles. The summed E-state index contributed by atoms with van der Waals surface area (Å²) in [5, 5.41) is 3.05. The summed E-state index contributed by atoms with van der Waals surface area (Å²) < 4.78 is 4.56. The monoisotopic (exact) mass is 354 g/mol. The summed E-state index contributed by atoms with van der Waals surface area (Å²) in [6, 6.07) is 5.93. The molecule has 0 spiro atoms. The van der Waals surface area contributed by atoms with E-state index in [1.807, 2.05) is 13.8 Å². The van der Waals surface area contributed by atoms with E-state index in [4.69, 9.17) is 11.6 Å². The van der Waals surface area contributed by atoms with Gasteiger partial charge in [0.05, 0.1) is 24.1 Å². The Hall–Kier alpha value is -2.08. The minimum atomic E-state index is -0.712. The Balaban J connectivity index is 2.79. The van der Waals surface area contributed by atoms with Crippen molar-refractivity contribution in [2.24, 2.45) is 5.92 Å². The molecule has 0 heterocycles. The molecule has 0 aromatic heterocycles. The number of hydrogen-bond acceptors (Lipinski definition) is 4. The van der Waals surface area contributed by atoms with Crippen LogP contribution in [0, 0.1) is 5.92 Å². The Morgan fingerprint density at radius 2 is 1.88 bits per heavy atom. The number of benzene rings is 1. The first-order valence-electron chi connectivity index (χ1n) is 7.65. The van der Waals surface area contributed by atoms with Gasteiger partial charge in [0.1, 0.15) is 6.04 Å². The lowest BCUT2D eigenvalue weighted by atomic mass is 10.0. The van der Waals surface area contributed by atoms with Crippen molar-refractivity contribution >= 4 is 29.4 Å². The maximum absolute atomic E-state index is 12.6. The summed E-state index contributed by atoms with van der Waals surface area (Å²) in [5.74, 6) is -1.19. The number of nitrogens with one attached hydrogen (secondary N) is 1. The average molecular weight is 355 g/mol. The molecular weight excluding hydrogens is 332 g/mol. The molecule has 7 heteroatoms. The molecule has 6 nitrogen and oxygen atoms in total. The number of carbonyl (C=O) groups excluding carboxylic acids is 3. The quantitative estimate of drug-likeness (QED) is 0.761. The van der Waals surface area contributed by atoms with Crippen LogP contribution in [-0.4, -0.2) is 49.4 Å². The molecule has 24 heavy (non-hydrogen) atoms. The van der Waals surface area contributed by atoms with Crippen molar-refractivity contribution in [3.8, 4) is 0 Å². The number of esters is 1. The Morgan fingerprint density at radius 3 is 2.42 bits per heavy atom. The molecular formula is C17H23ClN2O4. The van der Waals surface area contributed by atoms with Crippen LogP contribution in [0.3, 0.4) is 0 Å². The van der Waals surface area contributed by atoms with Crippen molar-refractivity contribution in [1.82, 2.24) is 10.2 Å². The molecule has 0 bridgehead atoms. The molecule has 0 aliphatic heterocycles. The average Bonchev–Trinajstić information content (AvgIpc) is 2.56. The van der Waals surface area contributed by atoms with E-state index in [2.05, 4.69) is 10.1 Å². The zero-order chi connectivity index (χ0) is 18.3. The number of carbonyl (C=O) groups is 3. The highest BCUT2D eigenvalue weighted by atomic mass is 35.5. The van der Waals surface area contributed by atoms with E-state index in [0.29, 0.717) is 10.6 Å². The smallest absolute Gasteiger partial charge is 0.307 e. The van der Waals surface area contributed by atoms with E-state index in [9.17, 15) is 14.4 Å². The summed E-state index contributed by atoms with van der Waals surface area (Å²) in [7, 11) is 2.88. The lowest BCUT2D eigenvalue weighted by Crippen LogP contribution is -2.50. The summed E-state index contributed by atoms with van der Waals surface area (Å²) in [6.07, 6.45) is 0.0992. The van der Waals surface area contributed by atoms with Gasteiger partial charge in [-0.05, 0) is 18.1 Å². The van der Waals surface area contributed by atoms with Crippen LogP contribution in [0.15, 0.2) is 24.3 Å². The highest BCUT2D eigenvalue weighted by Gasteiger charge is 2.28. The molecule has 0 fully saturated rings. The number of ether oxygens (including phenoxy) is 1. The molecule has 1 unspecified atom stereocenters. The van der Waals surface area contributed by atoms with Crippen molar-refractivity contribution in [2.75, 3.05) is 20.7 Å². The molecule has 0 radical (unpaired) electrons. The van der Waals surface area contributed by atoms with Gasteiger partial charge >= 0.3 is 5.97 Å². The van der Waals surface area contributed by atoms with E-state index < -0.39 is 17.9 Å². The number of nitrogens with zero attached hydrogens (tertiary/aromatic N) is 1. The summed E-state index contributed by atoms with van der Waals surface area (Å²) in [6.45, 7) is 3.89. The van der Waals surface area contributed by atoms with Gasteiger partial charge < -0.3 is 15.0 Å². The standard InChI is InChI=1S/C17H23ClN2O4/c1-11(2)15(17(23)20(3)10-9-14(21)24-4)19-16(22)12-7-5-6-8-13(12)18/h5-8,11,15H,9-10H2,1-4H3,(H,19,22). The summed E-state index contributed by atoms with van der Waals surface area (Å²) >= 11 is 6.02. The summed E-state index contributed by atoms with van der Waals surface area (Å²) in [4.78, 5) is 37.6. The molecule has 1 rings (SSSR count). The van der Waals surface area contributed by atoms with Crippen molar-refractivity contribution in [1.29, 1.82) is 0 Å². The Morgan fingerprint density at radius 1 is 1.25 bits per heavy atom. The normalized spacial score (nSPS) is 11.8. The predicted molar refractivity (Wildman–Crippen MR) is 91.8 cm³/mol. The zero-order valence-electron chi connectivity index (χ0n) is 14.3. The molecule has 1 atom stereocenters. The third kappa shape index (κ3) is 5.53. The van der Waals surface area contributed by atoms with Crippen LogP contribution in [0.1, 0.15) is 30.6 Å². The number of likely N-dealkylation sites (N-methyl/N-ethyl adjacent to an activating group) is 1. The summed E-state index contributed by atoms with van der Waals surface area (Å²) in [5.41, 5.74) is 0.315. The third-order valence-corrected chi connectivity index (χ3v) is 3.92. The van der Waals surface area contributed by atoms with Gasteiger partial charge in [-0.2, -0.15) is 0 Å². The van der Waals surface area contributed by atoms with Crippen LogP contribution in [-0.2, 0) is 14.3 Å². The van der Waals surface area contributed by atoms with Crippen molar-refractivity contribution < 1.29 is 19.1 Å². The van der Waals surface area contributed by atoms with Gasteiger partial charge in [0.2, 0.25) is 5.91 Å². The molecule has 132 valence electrons. The second kappa shape index (κ2) is 9.27. The number of amides is 2. The third-order valence-electron chi connectivity index (χ3n) is 3.59. The van der Waals surface area contributed by atoms with Crippen LogP contribution in [0.25, 0.3) is 0 Å². The number of halogens is 1. The first-order valence-corrected chi connectivity index (χ1v) is 8.03. The Bertz CT molecular complexity index is 604. The zero-order valence-corrected chi connectivity index (χ0v) is 15.1. The van der Waals surface area contributed by atoms with Crippen LogP contribution < -0.4 is 5.32 Å². The fourth-order valence-corrected chi connectivity index (χ4v) is 2.31. The maximum Gasteiger partial charge on any atom is 0.307 e. The van der Waals surface area contributed by atoms with E-state index in [1.165, 1.54) is 12.0 Å². The predicted octanol–water partition coefficient (Wildman–Crippen LogP) is 2.12. The van der Waals surface area contributed by atoms with Crippen LogP contribution in [0.5, 0.6) is 0 Å². The SMILES string of the molecule is COC(=O)CCN(C)C(=O)C(NC(=O)c1ccccc1Cl)C(C)C. The number of methoxy groups -OCH3 is 1. The van der Waals surface area contributed by atoms with Gasteiger partial charge in [0.15, 0.2) is 0 Å². The maximum atomic E-state index is 12.6. The van der Waals surface area contributed by atoms with Gasteiger partial charge in [-0.1, -0.05) is 37.6 Å². The number of hydrogen-bond donors (Lipinski definition) is 1. The molecule has 0 saturated heterocycles. The second-order valence-electron chi connectivity index (χ2n) is 5.76. The minimum Gasteiger partial charge on any atom is -0.469 e. The van der Waals surface area contributed by atoms with E-state index in [-0.39, 0.29) is 24.8 Å². The van der Waals surface area contributed by atoms with Crippen molar-refractivity contribution in [3.05, 3.63) is 34.9 Å². The highest BCUT2D eigenvalue weighted by Crippen LogP contribution is 2.16. The molecule has 1 aromatic rings. The molecule has 0 aliphatic carbocycles. The minimum absolute atomic E-state index is 0.0992. The van der Waals surface area contributed by atoms with Gasteiger partial charge in [-0.15, -0.1) is 0 Å². The van der Waals surface area contributed by atoms with Crippen LogP contribution in [0.4, 0.5) is 0 Å². The van der Waals surface area contributed by atoms with E-state index in [0.717, 1.165) is 0 Å². The lowest BCUT2D eigenvalue weighted by molar-refractivity contribution is -0.141. The van der Waals surface area contributed by atoms with Crippen molar-refractivity contribution in [3.63, 3.8) is 0 Å². The van der Waals surface area contributed by atoms with Crippen molar-refractivity contribution in [2.45, 2.75) is 26.3 Å². The molecule has 0 saturated carbocycles. The van der Waals surface area contributed by atoms with E-state index >= 15 is 0 Å². The fourth-order valence-electron chi connectivity index (χ4n) is 2.09. The van der Waals surface area contributed by atoms with E-state index in [1.54, 1.807) is 31.3 Å². The Labute approximate surface area is 147 Å². The van der Waals surface area contributed by atoms with Gasteiger partial charge in [0.25, 0.3) is 5.91 Å².